The maximum Gasteiger partial charge on any atom is -1.00 e. The van der Waals surface area contributed by atoms with E-state index in [1.165, 1.54) is 15.0 Å². The Morgan fingerprint density at radius 1 is 1.00 bits per heavy atom. The smallest absolute Gasteiger partial charge is 1.00 e. The van der Waals surface area contributed by atoms with Crippen molar-refractivity contribution < 1.29 is 50.0 Å². The predicted molar refractivity (Wildman–Crippen MR) is 75.4 cm³/mol. The minimum atomic E-state index is -0.378. The van der Waals surface area contributed by atoms with Crippen LogP contribution in [0.25, 0.3) is 0 Å². The third kappa shape index (κ3) is 4.98. The molecule has 0 radical (unpaired) electrons. The van der Waals surface area contributed by atoms with Crippen molar-refractivity contribution in [3.63, 3.8) is 0 Å². The third-order valence-corrected chi connectivity index (χ3v) is 4.02. The first kappa shape index (κ1) is 21.0. The minimum absolute atomic E-state index is 0. The van der Waals surface area contributed by atoms with Crippen LogP contribution in [0.2, 0.25) is 0 Å². The van der Waals surface area contributed by atoms with Crippen molar-refractivity contribution >= 4 is 0 Å². The molecule has 0 bridgehead atoms. The molecule has 1 aliphatic carbocycles. The molecule has 0 aromatic heterocycles. The second kappa shape index (κ2) is 7.99. The molecule has 0 N–H and O–H groups in total. The quantitative estimate of drug-likeness (QED) is 0.596. The molecule has 1 aromatic carbocycles. The van der Waals surface area contributed by atoms with E-state index in [1.807, 2.05) is 6.07 Å². The molecule has 1 unspecified atom stereocenters. The maximum absolute atomic E-state index is 6.46. The van der Waals surface area contributed by atoms with Crippen molar-refractivity contribution in [3.8, 4) is 0 Å². The zero-order chi connectivity index (χ0) is 14.1. The van der Waals surface area contributed by atoms with E-state index < -0.39 is 0 Å². The fraction of sp³-hybridized carbons (Fsp3) is 0.412. The second-order valence-corrected chi connectivity index (χ2v) is 7.05. The van der Waals surface area contributed by atoms with Gasteiger partial charge in [-0.2, -0.15) is 0 Å². The summed E-state index contributed by atoms with van der Waals surface area (Å²) in [6, 6.07) is 10.5. The summed E-state index contributed by atoms with van der Waals surface area (Å²) in [7, 11) is 0. The van der Waals surface area contributed by atoms with E-state index in [1.54, 1.807) is 0 Å². The number of rotatable bonds is 3. The molecule has 0 aliphatic heterocycles. The molecule has 1 aliphatic rings. The van der Waals surface area contributed by atoms with E-state index in [9.17, 15) is 0 Å². The van der Waals surface area contributed by atoms with E-state index in [-0.39, 0.29) is 36.0 Å². The minimum Gasteiger partial charge on any atom is -1.00 e. The molecule has 1 aromatic rings. The Hall–Kier alpha value is -0.0457. The van der Waals surface area contributed by atoms with Gasteiger partial charge in [-0.1, -0.05) is 0 Å². The third-order valence-electron chi connectivity index (χ3n) is 3.28. The van der Waals surface area contributed by atoms with Crippen molar-refractivity contribution in [2.75, 3.05) is 0 Å². The molecule has 0 saturated carbocycles. The summed E-state index contributed by atoms with van der Waals surface area (Å²) in [6.07, 6.45) is 5.47. The van der Waals surface area contributed by atoms with Gasteiger partial charge in [0.15, 0.2) is 0 Å². The first-order chi connectivity index (χ1) is 8.83. The fourth-order valence-corrected chi connectivity index (χ4v) is 3.28. The van der Waals surface area contributed by atoms with Crippen LogP contribution in [0.4, 0.5) is 0 Å². The number of benzene rings is 1. The zero-order valence-corrected chi connectivity index (χ0v) is 16.0. The molecule has 21 heavy (non-hydrogen) atoms. The van der Waals surface area contributed by atoms with Gasteiger partial charge in [-0.3, -0.25) is 0 Å². The van der Waals surface area contributed by atoms with Crippen LogP contribution in [-0.4, -0.2) is 5.60 Å². The molecule has 4 heteroatoms. The molecule has 0 amide bonds. The number of hydrogen-bond acceptors (Lipinski definition) is 1. The van der Waals surface area contributed by atoms with Crippen LogP contribution in [0, 0.1) is 0 Å². The summed E-state index contributed by atoms with van der Waals surface area (Å²) in [5.41, 5.74) is 1.95. The molecule has 0 spiro atoms. The van der Waals surface area contributed by atoms with Gasteiger partial charge in [0.1, 0.15) is 0 Å². The van der Waals surface area contributed by atoms with Crippen LogP contribution in [0.5, 0.6) is 0 Å². The second-order valence-electron chi connectivity index (χ2n) is 6.11. The first-order valence-corrected chi connectivity index (χ1v) is 7.48. The topological polar surface area (TPSA) is 9.23 Å². The Labute approximate surface area is 152 Å². The van der Waals surface area contributed by atoms with Gasteiger partial charge >= 0.3 is 128 Å². The zero-order valence-electron chi connectivity index (χ0n) is 12.9. The molecular weight excluding hydrogens is 339 g/mol. The number of ether oxygens (including phenoxy) is 1. The number of hydrogen-bond donors (Lipinski definition) is 0. The van der Waals surface area contributed by atoms with E-state index in [0.717, 1.165) is 6.42 Å². The van der Waals surface area contributed by atoms with Crippen LogP contribution in [0.15, 0.2) is 51.9 Å². The molecule has 1 atom stereocenters. The first-order valence-electron chi connectivity index (χ1n) is 6.70. The van der Waals surface area contributed by atoms with Crippen molar-refractivity contribution in [1.29, 1.82) is 0 Å². The van der Waals surface area contributed by atoms with Gasteiger partial charge in [0, 0.05) is 0 Å². The molecule has 2 rings (SSSR count). The summed E-state index contributed by atoms with van der Waals surface area (Å²) in [6.45, 7) is 8.52. The Kier molecular flexibility index (Phi) is 7.97. The standard InChI is InChI=1S/C17H21O.2ClH.Ti/c1-16(2,3)18-17(4,15-12-8-9-13-15)14-10-6-5-7-11-14;;;/h5-8,10-12H,9H2,1-4H3;2*1H;/q;;;+2/p-2. The maximum atomic E-state index is 6.46. The van der Waals surface area contributed by atoms with Gasteiger partial charge in [0.05, 0.1) is 0 Å². The van der Waals surface area contributed by atoms with Crippen LogP contribution in [0.3, 0.4) is 0 Å². The van der Waals surface area contributed by atoms with Gasteiger partial charge in [0.2, 0.25) is 0 Å². The number of allylic oxidation sites excluding steroid dienone is 2. The summed E-state index contributed by atoms with van der Waals surface area (Å²) < 4.78 is 7.86. The Morgan fingerprint density at radius 2 is 1.57 bits per heavy atom. The van der Waals surface area contributed by atoms with E-state index in [0.29, 0.717) is 0 Å². The van der Waals surface area contributed by atoms with Gasteiger partial charge < -0.3 is 24.8 Å². The van der Waals surface area contributed by atoms with Crippen molar-refractivity contribution in [3.05, 3.63) is 57.5 Å². The van der Waals surface area contributed by atoms with Crippen LogP contribution in [-0.2, 0) is 30.8 Å². The van der Waals surface area contributed by atoms with Gasteiger partial charge in [-0.25, -0.2) is 0 Å². The molecule has 0 fully saturated rings. The summed E-state index contributed by atoms with van der Waals surface area (Å²) in [5, 5.41) is 0. The Morgan fingerprint density at radius 3 is 2.00 bits per heavy atom. The predicted octanol–water partition coefficient (Wildman–Crippen LogP) is -1.51. The average Bonchev–Trinajstić information content (AvgIpc) is 2.75. The SMILES string of the molecule is CC(C)(C)OC(C)(C1=[C]([Ti+2])CC=C1)c1ccccc1.[Cl-].[Cl-]. The van der Waals surface area contributed by atoms with E-state index >= 15 is 0 Å². The number of halogens is 2. The van der Waals surface area contributed by atoms with Gasteiger partial charge in [-0.15, -0.1) is 0 Å². The normalized spacial score (nSPS) is 17.0. The largest absolute Gasteiger partial charge is 1.00 e. The van der Waals surface area contributed by atoms with Crippen LogP contribution in [0.1, 0.15) is 39.7 Å². The summed E-state index contributed by atoms with van der Waals surface area (Å²) in [4.78, 5) is 0. The monoisotopic (exact) mass is 359 g/mol. The Balaban J connectivity index is 0.00000200. The van der Waals surface area contributed by atoms with E-state index in [2.05, 4.69) is 84.5 Å². The fourth-order valence-electron chi connectivity index (χ4n) is 2.59. The van der Waals surface area contributed by atoms with Crippen LogP contribution < -0.4 is 24.8 Å². The molecule has 1 nitrogen and oxygen atoms in total. The molecule has 0 heterocycles. The van der Waals surface area contributed by atoms with Gasteiger partial charge in [0.25, 0.3) is 0 Å². The summed E-state index contributed by atoms with van der Waals surface area (Å²) in [5.74, 6) is 0. The molecule has 113 valence electrons. The molecule has 0 saturated heterocycles. The van der Waals surface area contributed by atoms with Crippen molar-refractivity contribution in [2.45, 2.75) is 45.3 Å². The van der Waals surface area contributed by atoms with Gasteiger partial charge in [-0.05, 0) is 0 Å². The van der Waals surface area contributed by atoms with E-state index in [4.69, 9.17) is 4.74 Å². The molecular formula is C17H21Cl2OTi. The average molecular weight is 360 g/mol. The summed E-state index contributed by atoms with van der Waals surface area (Å²) >= 11 is 2.20. The van der Waals surface area contributed by atoms with Crippen molar-refractivity contribution in [2.24, 2.45) is 0 Å². The van der Waals surface area contributed by atoms with Crippen LogP contribution >= 0.6 is 0 Å². The Bertz CT molecular complexity index is 517. The van der Waals surface area contributed by atoms with Crippen molar-refractivity contribution in [1.82, 2.24) is 0 Å².